The Kier molecular flexibility index (Phi) is 4.09. The monoisotopic (exact) mass is 309 g/mol. The van der Waals surface area contributed by atoms with Crippen LogP contribution in [0.15, 0.2) is 47.2 Å². The zero-order chi connectivity index (χ0) is 13.1. The highest BCUT2D eigenvalue weighted by atomic mass is 79.9. The fourth-order valence-corrected chi connectivity index (χ4v) is 2.45. The van der Waals surface area contributed by atoms with Gasteiger partial charge >= 0.3 is 0 Å². The van der Waals surface area contributed by atoms with Crippen molar-refractivity contribution in [3.63, 3.8) is 0 Å². The standard InChI is InChI=1S/C14H13BrFNO/c1-9(10-4-6-17-7-5-10)14(18)12-3-2-11(16)8-13(12)15/h2-9,14,18H,1H3. The van der Waals surface area contributed by atoms with E-state index in [0.29, 0.717) is 10.0 Å². The van der Waals surface area contributed by atoms with E-state index in [1.807, 2.05) is 19.1 Å². The highest BCUT2D eigenvalue weighted by Gasteiger charge is 2.20. The van der Waals surface area contributed by atoms with E-state index in [4.69, 9.17) is 0 Å². The molecule has 1 heterocycles. The van der Waals surface area contributed by atoms with Crippen LogP contribution < -0.4 is 0 Å². The number of hydrogen-bond donors (Lipinski definition) is 1. The normalized spacial score (nSPS) is 14.2. The SMILES string of the molecule is CC(c1ccncc1)C(O)c1ccc(F)cc1Br. The molecule has 4 heteroatoms. The van der Waals surface area contributed by atoms with E-state index < -0.39 is 6.10 Å². The molecule has 2 rings (SSSR count). The zero-order valence-electron chi connectivity index (χ0n) is 9.85. The first kappa shape index (κ1) is 13.2. The molecule has 94 valence electrons. The molecule has 2 atom stereocenters. The topological polar surface area (TPSA) is 33.1 Å². The molecule has 0 amide bonds. The van der Waals surface area contributed by atoms with Gasteiger partial charge in [-0.3, -0.25) is 4.98 Å². The van der Waals surface area contributed by atoms with E-state index in [2.05, 4.69) is 20.9 Å². The smallest absolute Gasteiger partial charge is 0.124 e. The molecule has 0 radical (unpaired) electrons. The van der Waals surface area contributed by atoms with Gasteiger partial charge in [-0.15, -0.1) is 0 Å². The summed E-state index contributed by atoms with van der Waals surface area (Å²) >= 11 is 3.28. The van der Waals surface area contributed by atoms with Crippen LogP contribution in [0.25, 0.3) is 0 Å². The molecule has 2 nitrogen and oxygen atoms in total. The third kappa shape index (κ3) is 2.76. The van der Waals surface area contributed by atoms with Gasteiger partial charge in [-0.25, -0.2) is 4.39 Å². The number of aromatic nitrogens is 1. The Balaban J connectivity index is 2.28. The van der Waals surface area contributed by atoms with Crippen molar-refractivity contribution >= 4 is 15.9 Å². The Morgan fingerprint density at radius 1 is 1.22 bits per heavy atom. The summed E-state index contributed by atoms with van der Waals surface area (Å²) in [6.07, 6.45) is 2.69. The number of nitrogens with zero attached hydrogens (tertiary/aromatic N) is 1. The summed E-state index contributed by atoms with van der Waals surface area (Å²) in [5.74, 6) is -0.413. The second-order valence-electron chi connectivity index (χ2n) is 4.18. The largest absolute Gasteiger partial charge is 0.388 e. The molecule has 0 aliphatic rings. The number of aliphatic hydroxyl groups is 1. The number of benzene rings is 1. The summed E-state index contributed by atoms with van der Waals surface area (Å²) in [4.78, 5) is 3.95. The van der Waals surface area contributed by atoms with Crippen molar-refractivity contribution in [2.45, 2.75) is 18.9 Å². The van der Waals surface area contributed by atoms with Crippen molar-refractivity contribution in [1.82, 2.24) is 4.98 Å². The van der Waals surface area contributed by atoms with Crippen LogP contribution in [0.1, 0.15) is 30.1 Å². The van der Waals surface area contributed by atoms with E-state index in [0.717, 1.165) is 5.56 Å². The molecule has 0 bridgehead atoms. The first-order valence-electron chi connectivity index (χ1n) is 5.62. The van der Waals surface area contributed by atoms with Crippen molar-refractivity contribution in [3.8, 4) is 0 Å². The second kappa shape index (κ2) is 5.59. The summed E-state index contributed by atoms with van der Waals surface area (Å²) in [7, 11) is 0. The predicted octanol–water partition coefficient (Wildman–Crippen LogP) is 3.82. The third-order valence-corrected chi connectivity index (χ3v) is 3.67. The molecule has 2 aromatic rings. The maximum atomic E-state index is 13.0. The minimum absolute atomic E-state index is 0.0882. The molecule has 1 aromatic carbocycles. The maximum Gasteiger partial charge on any atom is 0.124 e. The van der Waals surface area contributed by atoms with Crippen LogP contribution in [-0.4, -0.2) is 10.1 Å². The first-order valence-corrected chi connectivity index (χ1v) is 6.42. The van der Waals surface area contributed by atoms with Crippen LogP contribution in [0.4, 0.5) is 4.39 Å². The van der Waals surface area contributed by atoms with Gasteiger partial charge in [-0.2, -0.15) is 0 Å². The van der Waals surface area contributed by atoms with Crippen molar-refractivity contribution in [1.29, 1.82) is 0 Å². The van der Waals surface area contributed by atoms with Crippen LogP contribution >= 0.6 is 15.9 Å². The summed E-state index contributed by atoms with van der Waals surface area (Å²) < 4.78 is 13.6. The highest BCUT2D eigenvalue weighted by Crippen LogP contribution is 2.34. The minimum atomic E-state index is -0.692. The molecule has 0 fully saturated rings. The van der Waals surface area contributed by atoms with Crippen LogP contribution in [-0.2, 0) is 0 Å². The number of rotatable bonds is 3. The van der Waals surface area contributed by atoms with Crippen molar-refractivity contribution in [3.05, 3.63) is 64.1 Å². The average molecular weight is 310 g/mol. The van der Waals surface area contributed by atoms with Gasteiger partial charge in [-0.1, -0.05) is 28.9 Å². The van der Waals surface area contributed by atoms with Crippen LogP contribution in [0, 0.1) is 5.82 Å². The molecule has 18 heavy (non-hydrogen) atoms. The van der Waals surface area contributed by atoms with Gasteiger partial charge in [-0.05, 0) is 35.4 Å². The Morgan fingerprint density at radius 3 is 2.50 bits per heavy atom. The summed E-state index contributed by atoms with van der Waals surface area (Å²) in [5, 5.41) is 10.3. The van der Waals surface area contributed by atoms with Gasteiger partial charge in [0.15, 0.2) is 0 Å². The lowest BCUT2D eigenvalue weighted by Crippen LogP contribution is -2.08. The fourth-order valence-electron chi connectivity index (χ4n) is 1.86. The fraction of sp³-hybridized carbons (Fsp3) is 0.214. The van der Waals surface area contributed by atoms with E-state index >= 15 is 0 Å². The van der Waals surface area contributed by atoms with Crippen LogP contribution in [0.2, 0.25) is 0 Å². The van der Waals surface area contributed by atoms with Crippen molar-refractivity contribution in [2.24, 2.45) is 0 Å². The summed E-state index contributed by atoms with van der Waals surface area (Å²) in [5.41, 5.74) is 1.68. The molecule has 0 aliphatic carbocycles. The Bertz CT molecular complexity index is 533. The molecule has 2 unspecified atom stereocenters. The highest BCUT2D eigenvalue weighted by molar-refractivity contribution is 9.10. The first-order chi connectivity index (χ1) is 8.59. The number of aliphatic hydroxyl groups excluding tert-OH is 1. The van der Waals surface area contributed by atoms with Gasteiger partial charge < -0.3 is 5.11 Å². The van der Waals surface area contributed by atoms with E-state index in [-0.39, 0.29) is 11.7 Å². The van der Waals surface area contributed by atoms with Gasteiger partial charge in [0.25, 0.3) is 0 Å². The zero-order valence-corrected chi connectivity index (χ0v) is 11.4. The quantitative estimate of drug-likeness (QED) is 0.935. The van der Waals surface area contributed by atoms with Gasteiger partial charge in [0.05, 0.1) is 6.10 Å². The van der Waals surface area contributed by atoms with Gasteiger partial charge in [0.2, 0.25) is 0 Å². The molecule has 0 saturated carbocycles. The molecule has 0 saturated heterocycles. The number of pyridine rings is 1. The van der Waals surface area contributed by atoms with Crippen LogP contribution in [0.5, 0.6) is 0 Å². The number of hydrogen-bond acceptors (Lipinski definition) is 2. The summed E-state index contributed by atoms with van der Waals surface area (Å²) in [6, 6.07) is 8.04. The lowest BCUT2D eigenvalue weighted by atomic mass is 9.91. The van der Waals surface area contributed by atoms with Crippen molar-refractivity contribution in [2.75, 3.05) is 0 Å². The maximum absolute atomic E-state index is 13.0. The Labute approximate surface area is 114 Å². The van der Waals surface area contributed by atoms with Crippen molar-refractivity contribution < 1.29 is 9.50 Å². The Morgan fingerprint density at radius 2 is 1.89 bits per heavy atom. The molecule has 1 aromatic heterocycles. The van der Waals surface area contributed by atoms with E-state index in [1.54, 1.807) is 18.5 Å². The molecule has 0 aliphatic heterocycles. The predicted molar refractivity (Wildman–Crippen MR) is 71.7 cm³/mol. The van der Waals surface area contributed by atoms with Gasteiger partial charge in [0, 0.05) is 22.8 Å². The van der Waals surface area contributed by atoms with Gasteiger partial charge in [0.1, 0.15) is 5.82 Å². The van der Waals surface area contributed by atoms with Crippen LogP contribution in [0.3, 0.4) is 0 Å². The molecule has 1 N–H and O–H groups in total. The summed E-state index contributed by atoms with van der Waals surface area (Å²) in [6.45, 7) is 1.93. The number of halogens is 2. The average Bonchev–Trinajstić information content (AvgIpc) is 2.38. The lowest BCUT2D eigenvalue weighted by molar-refractivity contribution is 0.151. The van der Waals surface area contributed by atoms with E-state index in [1.165, 1.54) is 12.1 Å². The molecular weight excluding hydrogens is 297 g/mol. The Hall–Kier alpha value is -1.26. The molecular formula is C14H13BrFNO. The van der Waals surface area contributed by atoms with E-state index in [9.17, 15) is 9.50 Å². The second-order valence-corrected chi connectivity index (χ2v) is 5.03. The third-order valence-electron chi connectivity index (χ3n) is 2.99. The lowest BCUT2D eigenvalue weighted by Gasteiger charge is -2.20. The minimum Gasteiger partial charge on any atom is -0.388 e. The molecule has 0 spiro atoms.